The third-order valence-corrected chi connectivity index (χ3v) is 7.02. The highest BCUT2D eigenvalue weighted by Gasteiger charge is 2.42. The number of amides is 2. The summed E-state index contributed by atoms with van der Waals surface area (Å²) < 4.78 is 21.1. The molecule has 0 atom stereocenters. The van der Waals surface area contributed by atoms with E-state index in [9.17, 15) is 23.9 Å². The first-order valence-corrected chi connectivity index (χ1v) is 11.0. The maximum atomic E-state index is 14.8. The second kappa shape index (κ2) is 7.56. The molecular weight excluding hydrogens is 433 g/mol. The van der Waals surface area contributed by atoms with Crippen LogP contribution >= 0.6 is 11.3 Å². The zero-order valence-corrected chi connectivity index (χ0v) is 17.7. The Balaban J connectivity index is 1.52. The van der Waals surface area contributed by atoms with Crippen molar-refractivity contribution in [2.45, 2.75) is 31.3 Å². The molecule has 2 heterocycles. The number of hydrogen-bond donors (Lipinski definition) is 1. The predicted octanol–water partition coefficient (Wildman–Crippen LogP) is 4.77. The Labute approximate surface area is 186 Å². The summed E-state index contributed by atoms with van der Waals surface area (Å²) >= 11 is 0.882. The van der Waals surface area contributed by atoms with Crippen molar-refractivity contribution in [1.82, 2.24) is 0 Å². The summed E-state index contributed by atoms with van der Waals surface area (Å²) in [6.45, 7) is 0. The lowest BCUT2D eigenvalue weighted by Crippen LogP contribution is -2.43. The van der Waals surface area contributed by atoms with Gasteiger partial charge in [-0.1, -0.05) is 30.3 Å². The van der Waals surface area contributed by atoms with Gasteiger partial charge in [0.1, 0.15) is 22.0 Å². The summed E-state index contributed by atoms with van der Waals surface area (Å²) in [5.41, 5.74) is 0.518. The van der Waals surface area contributed by atoms with Crippen molar-refractivity contribution in [1.29, 1.82) is 0 Å². The molecule has 1 aliphatic carbocycles. The van der Waals surface area contributed by atoms with Crippen LogP contribution in [-0.2, 0) is 16.8 Å². The minimum Gasteiger partial charge on any atom is -0.483 e. The highest BCUT2D eigenvalue weighted by atomic mass is 32.1. The van der Waals surface area contributed by atoms with E-state index >= 15 is 0 Å². The van der Waals surface area contributed by atoms with Gasteiger partial charge in [-0.3, -0.25) is 9.59 Å². The van der Waals surface area contributed by atoms with Gasteiger partial charge in [0.05, 0.1) is 17.7 Å². The number of imide groups is 1. The highest BCUT2D eigenvalue weighted by molar-refractivity contribution is 7.12. The maximum absolute atomic E-state index is 14.8. The number of anilines is 1. The number of carboxylic acid groups (broad SMARTS) is 1. The van der Waals surface area contributed by atoms with Crippen LogP contribution in [0.3, 0.4) is 0 Å². The molecular formula is C24H18FNO5S. The van der Waals surface area contributed by atoms with Gasteiger partial charge in [0.25, 0.3) is 5.91 Å². The Morgan fingerprint density at radius 1 is 1.12 bits per heavy atom. The largest absolute Gasteiger partial charge is 0.483 e. The van der Waals surface area contributed by atoms with Gasteiger partial charge in [-0.05, 0) is 47.9 Å². The first kappa shape index (κ1) is 20.4. The fraction of sp³-hybridized carbons (Fsp3) is 0.208. The minimum absolute atomic E-state index is 0.0624. The van der Waals surface area contributed by atoms with Gasteiger partial charge in [0.15, 0.2) is 0 Å². The Hall–Kier alpha value is -3.52. The molecule has 1 fully saturated rings. The number of nitrogens with zero attached hydrogens (tertiary/aromatic N) is 1. The first-order valence-electron chi connectivity index (χ1n) is 10.1. The summed E-state index contributed by atoms with van der Waals surface area (Å²) in [6, 6.07) is 13.7. The van der Waals surface area contributed by atoms with E-state index in [1.54, 1.807) is 0 Å². The first-order chi connectivity index (χ1) is 15.4. The van der Waals surface area contributed by atoms with Crippen LogP contribution in [0.25, 0.3) is 0 Å². The second-order valence-electron chi connectivity index (χ2n) is 7.91. The lowest BCUT2D eigenvalue weighted by Gasteiger charge is -2.42. The third-order valence-electron chi connectivity index (χ3n) is 6.00. The Morgan fingerprint density at radius 2 is 1.88 bits per heavy atom. The number of carboxylic acids is 1. The highest BCUT2D eigenvalue weighted by Crippen LogP contribution is 2.46. The summed E-state index contributed by atoms with van der Waals surface area (Å²) in [7, 11) is 0. The second-order valence-corrected chi connectivity index (χ2v) is 8.79. The average Bonchev–Trinajstić information content (AvgIpc) is 3.17. The van der Waals surface area contributed by atoms with Gasteiger partial charge in [-0.15, -0.1) is 11.3 Å². The van der Waals surface area contributed by atoms with Crippen molar-refractivity contribution in [3.05, 3.63) is 81.3 Å². The topological polar surface area (TPSA) is 83.9 Å². The van der Waals surface area contributed by atoms with Crippen molar-refractivity contribution in [3.8, 4) is 5.75 Å². The van der Waals surface area contributed by atoms with Crippen molar-refractivity contribution in [2.75, 3.05) is 4.90 Å². The number of rotatable bonds is 5. The summed E-state index contributed by atoms with van der Waals surface area (Å²) in [6.07, 6.45) is 2.41. The Bertz CT molecular complexity index is 1250. The van der Waals surface area contributed by atoms with Gasteiger partial charge in [-0.2, -0.15) is 0 Å². The fourth-order valence-corrected chi connectivity index (χ4v) is 5.17. The van der Waals surface area contributed by atoms with Crippen LogP contribution in [0.5, 0.6) is 5.75 Å². The smallest absolute Gasteiger partial charge is 0.346 e. The van der Waals surface area contributed by atoms with Gasteiger partial charge < -0.3 is 9.84 Å². The van der Waals surface area contributed by atoms with Crippen LogP contribution in [0.1, 0.15) is 50.4 Å². The van der Waals surface area contributed by atoms with Crippen LogP contribution in [0.4, 0.5) is 10.1 Å². The predicted molar refractivity (Wildman–Crippen MR) is 116 cm³/mol. The zero-order valence-electron chi connectivity index (χ0n) is 16.8. The zero-order chi connectivity index (χ0) is 22.5. The van der Waals surface area contributed by atoms with Crippen LogP contribution in [0, 0.1) is 5.82 Å². The van der Waals surface area contributed by atoms with Crippen LogP contribution in [-0.4, -0.2) is 22.9 Å². The van der Waals surface area contributed by atoms with Crippen LogP contribution in [0.15, 0.2) is 53.9 Å². The number of halogens is 1. The number of ether oxygens (including phenoxy) is 1. The number of aromatic carboxylic acids is 1. The molecule has 1 saturated carbocycles. The third kappa shape index (κ3) is 3.18. The number of carbonyl (C=O) groups excluding carboxylic acids is 2. The maximum Gasteiger partial charge on any atom is 0.346 e. The van der Waals surface area contributed by atoms with Gasteiger partial charge in [0, 0.05) is 6.07 Å². The van der Waals surface area contributed by atoms with E-state index in [2.05, 4.69) is 0 Å². The van der Waals surface area contributed by atoms with E-state index in [-0.39, 0.29) is 22.5 Å². The van der Waals surface area contributed by atoms with E-state index in [1.807, 2.05) is 30.3 Å². The van der Waals surface area contributed by atoms with Gasteiger partial charge in [0.2, 0.25) is 5.91 Å². The molecule has 2 amide bonds. The summed E-state index contributed by atoms with van der Waals surface area (Å²) in [5.74, 6) is -3.15. The Kier molecular flexibility index (Phi) is 4.82. The van der Waals surface area contributed by atoms with Gasteiger partial charge in [-0.25, -0.2) is 14.1 Å². The molecule has 0 bridgehead atoms. The molecule has 6 nitrogen and oxygen atoms in total. The molecule has 2 aliphatic rings. The fourth-order valence-electron chi connectivity index (χ4n) is 4.27. The number of benzene rings is 2. The molecule has 0 spiro atoms. The molecule has 0 unspecified atom stereocenters. The normalized spacial score (nSPS) is 17.0. The van der Waals surface area contributed by atoms with Gasteiger partial charge >= 0.3 is 5.97 Å². The van der Waals surface area contributed by atoms with Crippen molar-refractivity contribution in [3.63, 3.8) is 0 Å². The molecule has 162 valence electrons. The SMILES string of the molecule is O=C(O)c1scc2c1C(=O)N(c1cc(OC3(c4ccccc4)CCC3)ccc1F)C(=O)C2. The summed E-state index contributed by atoms with van der Waals surface area (Å²) in [5, 5.41) is 10.9. The lowest BCUT2D eigenvalue weighted by atomic mass is 9.75. The van der Waals surface area contributed by atoms with Crippen molar-refractivity contribution >= 4 is 34.8 Å². The quantitative estimate of drug-likeness (QED) is 0.565. The monoisotopic (exact) mass is 451 g/mol. The molecule has 1 aliphatic heterocycles. The number of thiophene rings is 1. The summed E-state index contributed by atoms with van der Waals surface area (Å²) in [4.78, 5) is 37.9. The molecule has 5 rings (SSSR count). The molecule has 0 saturated heterocycles. The molecule has 2 aromatic carbocycles. The van der Waals surface area contributed by atoms with Crippen molar-refractivity contribution < 1.29 is 28.6 Å². The van der Waals surface area contributed by atoms with E-state index in [0.29, 0.717) is 11.3 Å². The minimum atomic E-state index is -1.26. The Morgan fingerprint density at radius 3 is 2.53 bits per heavy atom. The average molecular weight is 451 g/mol. The van der Waals surface area contributed by atoms with E-state index < -0.39 is 29.2 Å². The lowest BCUT2D eigenvalue weighted by molar-refractivity contribution is -0.117. The van der Waals surface area contributed by atoms with Crippen LogP contribution in [0.2, 0.25) is 0 Å². The van der Waals surface area contributed by atoms with E-state index in [0.717, 1.165) is 47.1 Å². The molecule has 3 aromatic rings. The molecule has 32 heavy (non-hydrogen) atoms. The van der Waals surface area contributed by atoms with Crippen LogP contribution < -0.4 is 9.64 Å². The molecule has 1 N–H and O–H groups in total. The van der Waals surface area contributed by atoms with E-state index in [4.69, 9.17) is 4.74 Å². The molecule has 0 radical (unpaired) electrons. The standard InChI is InChI=1S/C24H18FNO5S/c25-17-8-7-16(31-24(9-4-10-24)15-5-2-1-3-6-15)12-18(17)26-19(27)11-14-13-32-21(23(29)30)20(14)22(26)28/h1-3,5-8,12-13H,4,9-11H2,(H,29,30). The number of hydrogen-bond acceptors (Lipinski definition) is 5. The van der Waals surface area contributed by atoms with E-state index in [1.165, 1.54) is 17.5 Å². The number of carbonyl (C=O) groups is 3. The van der Waals surface area contributed by atoms with Crippen molar-refractivity contribution in [2.24, 2.45) is 0 Å². The molecule has 8 heteroatoms. The number of fused-ring (bicyclic) bond motifs is 1. The molecule has 1 aromatic heterocycles.